The van der Waals surface area contributed by atoms with Crippen molar-refractivity contribution < 1.29 is 10.2 Å². The first kappa shape index (κ1) is 19.1. The third-order valence-corrected chi connectivity index (χ3v) is 12.9. The monoisotopic (exact) mass is 320 g/mol. The van der Waals surface area contributed by atoms with Gasteiger partial charge in [-0.15, -0.1) is 6.58 Å². The molecule has 0 bridgehead atoms. The van der Waals surface area contributed by atoms with Gasteiger partial charge in [0, 0.05) is 0 Å². The average molecular weight is 321 g/mol. The molecule has 3 atom stereocenters. The first-order chi connectivity index (χ1) is 10.4. The highest BCUT2D eigenvalue weighted by Gasteiger charge is 2.51. The van der Waals surface area contributed by atoms with Gasteiger partial charge in [-0.05, 0) is 17.0 Å². The highest BCUT2D eigenvalue weighted by Crippen LogP contribution is 2.53. The summed E-state index contributed by atoms with van der Waals surface area (Å²) in [4.78, 5) is 0. The van der Waals surface area contributed by atoms with Gasteiger partial charge in [-0.3, -0.25) is 0 Å². The van der Waals surface area contributed by atoms with E-state index in [1.165, 1.54) is 0 Å². The van der Waals surface area contributed by atoms with Crippen LogP contribution in [0.25, 0.3) is 0 Å². The predicted molar refractivity (Wildman–Crippen MR) is 97.8 cm³/mol. The van der Waals surface area contributed by atoms with E-state index in [1.807, 2.05) is 36.4 Å². The first-order valence-electron chi connectivity index (χ1n) is 8.44. The molecule has 1 rings (SSSR count). The Morgan fingerprint density at radius 1 is 1.09 bits per heavy atom. The van der Waals surface area contributed by atoms with Crippen LogP contribution in [-0.2, 0) is 0 Å². The first-order valence-corrected chi connectivity index (χ1v) is 11.1. The summed E-state index contributed by atoms with van der Waals surface area (Å²) >= 11 is 0. The molecule has 1 aromatic rings. The molecule has 0 heterocycles. The molecule has 0 aliphatic rings. The van der Waals surface area contributed by atoms with E-state index in [4.69, 9.17) is 0 Å². The Labute approximate surface area is 136 Å². The van der Waals surface area contributed by atoms with Crippen LogP contribution in [0.15, 0.2) is 43.0 Å². The minimum Gasteiger partial charge on any atom is -0.390 e. The minimum atomic E-state index is -1.73. The number of benzene rings is 1. The van der Waals surface area contributed by atoms with Crippen LogP contribution in [0.5, 0.6) is 0 Å². The van der Waals surface area contributed by atoms with Crippen LogP contribution in [-0.4, -0.2) is 24.4 Å². The molecule has 2 unspecified atom stereocenters. The second kappa shape index (κ2) is 8.09. The van der Waals surface area contributed by atoms with Crippen LogP contribution in [0.1, 0.15) is 45.8 Å². The molecule has 3 heteroatoms. The molecule has 0 saturated carbocycles. The predicted octanol–water partition coefficient (Wildman–Crippen LogP) is 4.93. The van der Waals surface area contributed by atoms with E-state index in [1.54, 1.807) is 0 Å². The summed E-state index contributed by atoms with van der Waals surface area (Å²) in [7, 11) is -1.73. The van der Waals surface area contributed by atoms with Gasteiger partial charge < -0.3 is 10.2 Å². The lowest BCUT2D eigenvalue weighted by molar-refractivity contribution is -0.0106. The molecule has 124 valence electrons. The summed E-state index contributed by atoms with van der Waals surface area (Å²) in [6.45, 7) is 12.8. The van der Waals surface area contributed by atoms with Crippen molar-refractivity contribution in [2.75, 3.05) is 0 Å². The second-order valence-electron chi connectivity index (χ2n) is 6.55. The molecular formula is C19H32O2Si. The van der Waals surface area contributed by atoms with E-state index in [0.29, 0.717) is 0 Å². The van der Waals surface area contributed by atoms with E-state index in [0.717, 1.165) is 30.1 Å². The Kier molecular flexibility index (Phi) is 7.04. The molecule has 0 aliphatic carbocycles. The largest absolute Gasteiger partial charge is 0.390 e. The third-order valence-electron chi connectivity index (χ3n) is 5.90. The lowest BCUT2D eigenvalue weighted by atomic mass is 9.91. The van der Waals surface area contributed by atoms with Crippen molar-refractivity contribution in [2.24, 2.45) is 0 Å². The number of aliphatic hydroxyl groups is 2. The lowest BCUT2D eigenvalue weighted by Gasteiger charge is -2.50. The van der Waals surface area contributed by atoms with Crippen molar-refractivity contribution in [3.05, 3.63) is 48.6 Å². The Morgan fingerprint density at radius 2 is 1.59 bits per heavy atom. The lowest BCUT2D eigenvalue weighted by Crippen LogP contribution is -2.52. The molecule has 0 amide bonds. The Hall–Kier alpha value is -0.903. The summed E-state index contributed by atoms with van der Waals surface area (Å²) in [6, 6.07) is 12.8. The van der Waals surface area contributed by atoms with Gasteiger partial charge in [-0.2, -0.15) is 0 Å². The molecule has 0 fully saturated rings. The number of hydrogen-bond donors (Lipinski definition) is 2. The maximum atomic E-state index is 11.1. The summed E-state index contributed by atoms with van der Waals surface area (Å²) in [6.07, 6.45) is 1.05. The van der Waals surface area contributed by atoms with Crippen molar-refractivity contribution in [3.63, 3.8) is 0 Å². The third kappa shape index (κ3) is 3.37. The fourth-order valence-electron chi connectivity index (χ4n) is 4.09. The van der Waals surface area contributed by atoms with E-state index in [-0.39, 0.29) is 5.04 Å². The van der Waals surface area contributed by atoms with E-state index < -0.39 is 20.3 Å². The Morgan fingerprint density at radius 3 is 2.00 bits per heavy atom. The molecule has 22 heavy (non-hydrogen) atoms. The van der Waals surface area contributed by atoms with Crippen LogP contribution in [0.2, 0.25) is 23.2 Å². The maximum absolute atomic E-state index is 11.1. The van der Waals surface area contributed by atoms with Gasteiger partial charge in [0.05, 0.1) is 14.2 Å². The summed E-state index contributed by atoms with van der Waals surface area (Å²) in [5.41, 5.74) is 0.788. The van der Waals surface area contributed by atoms with Crippen molar-refractivity contribution in [2.45, 2.75) is 69.5 Å². The average Bonchev–Trinajstić information content (AvgIpc) is 2.56. The number of rotatable bonds is 9. The van der Waals surface area contributed by atoms with Crippen LogP contribution in [0.4, 0.5) is 0 Å². The molecule has 0 saturated heterocycles. The van der Waals surface area contributed by atoms with Gasteiger partial charge >= 0.3 is 0 Å². The van der Waals surface area contributed by atoms with Crippen molar-refractivity contribution in [1.82, 2.24) is 0 Å². The van der Waals surface area contributed by atoms with Gasteiger partial charge in [0.2, 0.25) is 0 Å². The van der Waals surface area contributed by atoms with Gasteiger partial charge in [0.1, 0.15) is 6.10 Å². The highest BCUT2D eigenvalue weighted by atomic mass is 28.3. The topological polar surface area (TPSA) is 40.5 Å². The molecule has 2 N–H and O–H groups in total. The zero-order valence-corrected chi connectivity index (χ0v) is 15.5. The van der Waals surface area contributed by atoms with Crippen LogP contribution in [0, 0.1) is 0 Å². The number of hydrogen-bond acceptors (Lipinski definition) is 2. The molecule has 0 spiro atoms. The Balaban J connectivity index is 3.25. The highest BCUT2D eigenvalue weighted by molar-refractivity contribution is 6.82. The second-order valence-corrected chi connectivity index (χ2v) is 12.4. The molecule has 0 radical (unpaired) electrons. The molecule has 2 nitrogen and oxygen atoms in total. The molecular weight excluding hydrogens is 288 g/mol. The fourth-order valence-corrected chi connectivity index (χ4v) is 9.38. The van der Waals surface area contributed by atoms with Gasteiger partial charge in [0.25, 0.3) is 0 Å². The molecule has 0 aromatic heterocycles. The van der Waals surface area contributed by atoms with E-state index >= 15 is 0 Å². The van der Waals surface area contributed by atoms with Gasteiger partial charge in [-0.25, -0.2) is 0 Å². The standard InChI is InChI=1S/C19H32O2Si/c1-6-15-19(5,22(7-2,8-3)9-4)18(21)17(20)16-13-11-10-12-14-16/h6,10-14,17-18,20-21H,1,7-9,15H2,2-5H3/t17-,18?,19?/m1/s1. The van der Waals surface area contributed by atoms with Crippen LogP contribution < -0.4 is 0 Å². The zero-order valence-electron chi connectivity index (χ0n) is 14.5. The van der Waals surface area contributed by atoms with Crippen molar-refractivity contribution in [3.8, 4) is 0 Å². The van der Waals surface area contributed by atoms with Gasteiger partial charge in [0.15, 0.2) is 0 Å². The van der Waals surface area contributed by atoms with E-state index in [9.17, 15) is 10.2 Å². The van der Waals surface area contributed by atoms with Crippen LogP contribution >= 0.6 is 0 Å². The molecule has 1 aromatic carbocycles. The van der Waals surface area contributed by atoms with E-state index in [2.05, 4.69) is 34.3 Å². The van der Waals surface area contributed by atoms with Gasteiger partial charge in [-0.1, -0.05) is 82.2 Å². The summed E-state index contributed by atoms with van der Waals surface area (Å²) in [5.74, 6) is 0. The molecule has 0 aliphatic heterocycles. The summed E-state index contributed by atoms with van der Waals surface area (Å²) in [5, 5.41) is 21.6. The van der Waals surface area contributed by atoms with Crippen molar-refractivity contribution in [1.29, 1.82) is 0 Å². The Bertz CT molecular complexity index is 447. The number of allylic oxidation sites excluding steroid dienone is 1. The summed E-state index contributed by atoms with van der Waals surface area (Å²) < 4.78 is 0. The maximum Gasteiger partial charge on any atom is 0.105 e. The quantitative estimate of drug-likeness (QED) is 0.500. The minimum absolute atomic E-state index is 0.276. The van der Waals surface area contributed by atoms with Crippen LogP contribution in [0.3, 0.4) is 0 Å². The SMILES string of the molecule is C=CCC(C)(C(O)[C@H](O)c1ccccc1)[Si](CC)(CC)CC. The normalized spacial score (nSPS) is 17.5. The number of aliphatic hydroxyl groups excluding tert-OH is 2. The zero-order chi connectivity index (χ0) is 16.8. The smallest absolute Gasteiger partial charge is 0.105 e. The fraction of sp³-hybridized carbons (Fsp3) is 0.579. The van der Waals surface area contributed by atoms with Crippen molar-refractivity contribution >= 4 is 8.07 Å².